The molecule has 0 aromatic heterocycles. The summed E-state index contributed by atoms with van der Waals surface area (Å²) < 4.78 is 31.6. The fourth-order valence-electron chi connectivity index (χ4n) is 3.20. The molecular weight excluding hydrogens is 597 g/mol. The van der Waals surface area contributed by atoms with E-state index in [0.29, 0.717) is 25.6 Å². The van der Waals surface area contributed by atoms with Gasteiger partial charge in [0.25, 0.3) is 11.1 Å². The Bertz CT molecular complexity index is 1450. The third-order valence-corrected chi connectivity index (χ3v) is 8.38. The molecule has 2 amide bonds. The van der Waals surface area contributed by atoms with Gasteiger partial charge >= 0.3 is 10.1 Å². The molecule has 0 N–H and O–H groups in total. The molecule has 1 fully saturated rings. The normalized spacial score (nSPS) is 15.2. The van der Waals surface area contributed by atoms with Crippen LogP contribution in [0.4, 0.5) is 4.79 Å². The lowest BCUT2D eigenvalue weighted by Crippen LogP contribution is -2.27. The number of hydrogen-bond donors (Lipinski definition) is 0. The molecule has 180 valence electrons. The largest absolute Gasteiger partial charge is 0.378 e. The molecule has 35 heavy (non-hydrogen) atoms. The Kier molecular flexibility index (Phi) is 7.63. The molecular formula is C24H16BrCl2NO5S2. The number of carbonyl (C=O) groups is 2. The molecule has 0 atom stereocenters. The molecule has 0 radical (unpaired) electrons. The number of nitrogens with zero attached hydrogens (tertiary/aromatic N) is 1. The van der Waals surface area contributed by atoms with E-state index >= 15 is 0 Å². The number of rotatable bonds is 6. The Hall–Kier alpha value is -2.30. The molecule has 0 unspecified atom stereocenters. The van der Waals surface area contributed by atoms with Crippen molar-refractivity contribution in [2.45, 2.75) is 18.4 Å². The van der Waals surface area contributed by atoms with Gasteiger partial charge in [-0.2, -0.15) is 8.42 Å². The van der Waals surface area contributed by atoms with Crippen LogP contribution in [0, 0.1) is 6.92 Å². The summed E-state index contributed by atoms with van der Waals surface area (Å²) in [6.45, 7) is 1.75. The molecule has 3 aromatic rings. The zero-order chi connectivity index (χ0) is 25.3. The first-order valence-electron chi connectivity index (χ1n) is 10.0. The van der Waals surface area contributed by atoms with Crippen LogP contribution in [0.25, 0.3) is 6.08 Å². The first-order valence-corrected chi connectivity index (χ1v) is 13.8. The molecule has 0 aliphatic carbocycles. The van der Waals surface area contributed by atoms with Crippen molar-refractivity contribution < 1.29 is 22.2 Å². The lowest BCUT2D eigenvalue weighted by Gasteiger charge is -2.14. The smallest absolute Gasteiger partial charge is 0.339 e. The van der Waals surface area contributed by atoms with Crippen LogP contribution in [0.1, 0.15) is 16.7 Å². The van der Waals surface area contributed by atoms with Crippen molar-refractivity contribution in [1.29, 1.82) is 0 Å². The van der Waals surface area contributed by atoms with Gasteiger partial charge < -0.3 is 4.18 Å². The minimum atomic E-state index is -4.13. The highest BCUT2D eigenvalue weighted by molar-refractivity contribution is 9.10. The average Bonchev–Trinajstić information content (AvgIpc) is 3.05. The van der Waals surface area contributed by atoms with E-state index in [4.69, 9.17) is 27.4 Å². The highest BCUT2D eigenvalue weighted by Gasteiger charge is 2.36. The van der Waals surface area contributed by atoms with Crippen LogP contribution in [0.15, 0.2) is 74.9 Å². The van der Waals surface area contributed by atoms with Crippen LogP contribution < -0.4 is 4.18 Å². The molecule has 0 saturated carbocycles. The monoisotopic (exact) mass is 611 g/mol. The second-order valence-corrected chi connectivity index (χ2v) is 11.8. The Labute approximate surface area is 225 Å². The fraction of sp³-hybridized carbons (Fsp3) is 0.0833. The van der Waals surface area contributed by atoms with Crippen molar-refractivity contribution in [2.75, 3.05) is 0 Å². The predicted molar refractivity (Wildman–Crippen MR) is 141 cm³/mol. The molecule has 1 heterocycles. The molecule has 1 saturated heterocycles. The van der Waals surface area contributed by atoms with Crippen LogP contribution in [-0.2, 0) is 21.5 Å². The maximum absolute atomic E-state index is 13.0. The van der Waals surface area contributed by atoms with E-state index in [1.165, 1.54) is 24.3 Å². The Morgan fingerprint density at radius 3 is 2.34 bits per heavy atom. The lowest BCUT2D eigenvalue weighted by atomic mass is 10.1. The summed E-state index contributed by atoms with van der Waals surface area (Å²) in [4.78, 5) is 26.8. The zero-order valence-electron chi connectivity index (χ0n) is 18.0. The van der Waals surface area contributed by atoms with E-state index in [9.17, 15) is 18.0 Å². The van der Waals surface area contributed by atoms with Gasteiger partial charge in [0.2, 0.25) is 0 Å². The molecule has 0 bridgehead atoms. The topological polar surface area (TPSA) is 80.8 Å². The van der Waals surface area contributed by atoms with Gasteiger partial charge in [0.05, 0.1) is 11.4 Å². The fourth-order valence-corrected chi connectivity index (χ4v) is 5.88. The number of hydrogen-bond acceptors (Lipinski definition) is 6. The van der Waals surface area contributed by atoms with Gasteiger partial charge in [-0.05, 0) is 67.2 Å². The van der Waals surface area contributed by atoms with Gasteiger partial charge in [-0.3, -0.25) is 14.5 Å². The molecule has 1 aliphatic rings. The van der Waals surface area contributed by atoms with Gasteiger partial charge in [-0.25, -0.2) is 0 Å². The Morgan fingerprint density at radius 2 is 1.69 bits per heavy atom. The standard InChI is InChI=1S/C24H16BrCl2NO5S2/c1-14-5-8-17(9-6-14)35(31,32)33-21-10-7-16(25)11-15(21)12-22-23(29)28(24(30)34-22)13-18-19(26)3-2-4-20(18)27/h2-12H,13H2,1H3/b22-12-. The minimum absolute atomic E-state index is 0.00564. The van der Waals surface area contributed by atoms with Gasteiger partial charge in [0.1, 0.15) is 10.6 Å². The zero-order valence-corrected chi connectivity index (χ0v) is 22.7. The maximum Gasteiger partial charge on any atom is 0.339 e. The van der Waals surface area contributed by atoms with Crippen molar-refractivity contribution in [3.63, 3.8) is 0 Å². The van der Waals surface area contributed by atoms with Crippen LogP contribution in [-0.4, -0.2) is 24.5 Å². The number of thioether (sulfide) groups is 1. The highest BCUT2D eigenvalue weighted by atomic mass is 79.9. The third kappa shape index (κ3) is 5.76. The number of carbonyl (C=O) groups excluding carboxylic acids is 2. The molecule has 0 spiro atoms. The highest BCUT2D eigenvalue weighted by Crippen LogP contribution is 2.37. The number of aryl methyl sites for hydroxylation is 1. The first-order chi connectivity index (χ1) is 16.5. The van der Waals surface area contributed by atoms with Crippen molar-refractivity contribution in [3.8, 4) is 5.75 Å². The summed E-state index contributed by atoms with van der Waals surface area (Å²) in [5.74, 6) is -0.543. The predicted octanol–water partition coefficient (Wildman–Crippen LogP) is 7.07. The van der Waals surface area contributed by atoms with E-state index < -0.39 is 21.3 Å². The van der Waals surface area contributed by atoms with Crippen molar-refractivity contribution in [3.05, 3.63) is 96.8 Å². The number of halogens is 3. The summed E-state index contributed by atoms with van der Waals surface area (Å²) >= 11 is 16.5. The van der Waals surface area contributed by atoms with Gasteiger partial charge in [0.15, 0.2) is 0 Å². The molecule has 3 aromatic carbocycles. The van der Waals surface area contributed by atoms with E-state index in [0.717, 1.165) is 22.2 Å². The van der Waals surface area contributed by atoms with Crippen molar-refractivity contribution in [1.82, 2.24) is 4.90 Å². The van der Waals surface area contributed by atoms with Crippen molar-refractivity contribution in [2.24, 2.45) is 0 Å². The molecule has 11 heteroatoms. The number of imide groups is 1. The summed E-state index contributed by atoms with van der Waals surface area (Å²) in [6.07, 6.45) is 1.42. The molecule has 1 aliphatic heterocycles. The second kappa shape index (κ2) is 10.4. The lowest BCUT2D eigenvalue weighted by molar-refractivity contribution is -0.123. The van der Waals surface area contributed by atoms with E-state index in [-0.39, 0.29) is 22.1 Å². The minimum Gasteiger partial charge on any atom is -0.378 e. The van der Waals surface area contributed by atoms with Crippen LogP contribution in [0.5, 0.6) is 5.75 Å². The third-order valence-electron chi connectivity index (χ3n) is 5.02. The van der Waals surface area contributed by atoms with E-state index in [1.807, 2.05) is 6.92 Å². The first kappa shape index (κ1) is 25.8. The SMILES string of the molecule is Cc1ccc(S(=O)(=O)Oc2ccc(Br)cc2/C=C2\SC(=O)N(Cc3c(Cl)cccc3Cl)C2=O)cc1. The number of amides is 2. The summed E-state index contributed by atoms with van der Waals surface area (Å²) in [5.41, 5.74) is 1.66. The maximum atomic E-state index is 13.0. The van der Waals surface area contributed by atoms with Crippen LogP contribution in [0.2, 0.25) is 10.0 Å². The van der Waals surface area contributed by atoms with E-state index in [2.05, 4.69) is 15.9 Å². The van der Waals surface area contributed by atoms with Gasteiger partial charge in [0, 0.05) is 25.6 Å². The summed E-state index contributed by atoms with van der Waals surface area (Å²) in [6, 6.07) is 15.8. The Morgan fingerprint density at radius 1 is 1.03 bits per heavy atom. The summed E-state index contributed by atoms with van der Waals surface area (Å²) in [5, 5.41) is 0.177. The van der Waals surface area contributed by atoms with Crippen molar-refractivity contribution >= 4 is 78.2 Å². The average molecular weight is 613 g/mol. The van der Waals surface area contributed by atoms with Gasteiger partial charge in [-0.15, -0.1) is 0 Å². The van der Waals surface area contributed by atoms with Crippen LogP contribution >= 0.6 is 50.9 Å². The molecule has 4 rings (SSSR count). The Balaban J connectivity index is 1.64. The quantitative estimate of drug-likeness (QED) is 0.219. The van der Waals surface area contributed by atoms with E-state index in [1.54, 1.807) is 42.5 Å². The summed E-state index contributed by atoms with van der Waals surface area (Å²) in [7, 11) is -4.13. The second-order valence-electron chi connectivity index (χ2n) is 7.50. The van der Waals surface area contributed by atoms with Gasteiger partial charge in [-0.1, -0.05) is 62.9 Å². The van der Waals surface area contributed by atoms with Crippen LogP contribution in [0.3, 0.4) is 0 Å². The number of benzene rings is 3. The molecule has 6 nitrogen and oxygen atoms in total.